The number of piperazine rings is 1. The Morgan fingerprint density at radius 3 is 2.30 bits per heavy atom. The van der Waals surface area contributed by atoms with Gasteiger partial charge < -0.3 is 24.2 Å². The fraction of sp³-hybridized carbons (Fsp3) is 0.429. The molecule has 0 aromatic heterocycles. The third-order valence-electron chi connectivity index (χ3n) is 10.0. The summed E-state index contributed by atoms with van der Waals surface area (Å²) < 4.78 is 40.7. The molecular formula is C35H42N4O6S. The second kappa shape index (κ2) is 11.9. The number of rotatable bonds is 8. The zero-order chi connectivity index (χ0) is 32.9. The molecule has 46 heavy (non-hydrogen) atoms. The fourth-order valence-electron chi connectivity index (χ4n) is 7.51. The minimum Gasteiger partial charge on any atom is -0.497 e. The first-order valence-electron chi connectivity index (χ1n) is 15.7. The molecule has 10 nitrogen and oxygen atoms in total. The Morgan fingerprint density at radius 1 is 0.913 bits per heavy atom. The molecule has 0 aliphatic carbocycles. The van der Waals surface area contributed by atoms with Crippen LogP contribution in [0, 0.1) is 19.3 Å². The number of carbonyl (C=O) groups excluding carboxylic acids is 2. The standard InChI is InChI=1S/C35H42N4O6S/c1-6-45-33(41)35-24-38(27-11-8-7-9-12-27)31(32(40)37-19-17-36(18-20-37)30-21-25(2)15-16-26(30)3)34(35,4)23-39(35)46(42,43)29-14-10-13-28(22-29)44-5/h7-16,21-22,31H,6,17-20,23-24H2,1-5H3. The quantitative estimate of drug-likeness (QED) is 0.341. The number of aryl methyl sites for hydroxylation is 2. The van der Waals surface area contributed by atoms with Crippen LogP contribution in [-0.4, -0.2) is 94.1 Å². The van der Waals surface area contributed by atoms with E-state index in [4.69, 9.17) is 9.47 Å². The van der Waals surface area contributed by atoms with Crippen LogP contribution in [0.15, 0.2) is 77.7 Å². The summed E-state index contributed by atoms with van der Waals surface area (Å²) in [6.45, 7) is 10.1. The van der Waals surface area contributed by atoms with Gasteiger partial charge in [0, 0.05) is 62.1 Å². The van der Waals surface area contributed by atoms with Crippen molar-refractivity contribution in [2.24, 2.45) is 5.41 Å². The van der Waals surface area contributed by atoms with Gasteiger partial charge in [-0.1, -0.05) is 43.3 Å². The van der Waals surface area contributed by atoms with Crippen LogP contribution in [0.3, 0.4) is 0 Å². The maximum atomic E-state index is 14.7. The van der Waals surface area contributed by atoms with Crippen molar-refractivity contribution in [2.75, 3.05) is 62.8 Å². The van der Waals surface area contributed by atoms with Gasteiger partial charge in [0.25, 0.3) is 0 Å². The summed E-state index contributed by atoms with van der Waals surface area (Å²) in [5.74, 6) is -0.373. The van der Waals surface area contributed by atoms with Crippen molar-refractivity contribution in [1.82, 2.24) is 9.21 Å². The lowest BCUT2D eigenvalue weighted by Gasteiger charge is -2.58. The van der Waals surface area contributed by atoms with Gasteiger partial charge in [-0.25, -0.2) is 13.2 Å². The minimum atomic E-state index is -4.18. The molecule has 1 amide bonds. The highest BCUT2D eigenvalue weighted by atomic mass is 32.2. The van der Waals surface area contributed by atoms with Crippen LogP contribution in [0.5, 0.6) is 5.75 Å². The summed E-state index contributed by atoms with van der Waals surface area (Å²) >= 11 is 0. The lowest BCUT2D eigenvalue weighted by molar-refractivity contribution is -0.177. The van der Waals surface area contributed by atoms with E-state index in [-0.39, 0.29) is 30.5 Å². The predicted molar refractivity (Wildman–Crippen MR) is 177 cm³/mol. The van der Waals surface area contributed by atoms with Gasteiger partial charge >= 0.3 is 5.97 Å². The number of anilines is 2. The van der Waals surface area contributed by atoms with E-state index in [0.29, 0.717) is 31.9 Å². The van der Waals surface area contributed by atoms with Crippen LogP contribution < -0.4 is 14.5 Å². The first-order chi connectivity index (χ1) is 22.0. The third kappa shape index (κ3) is 4.91. The summed E-state index contributed by atoms with van der Waals surface area (Å²) in [6, 6.07) is 21.3. The average Bonchev–Trinajstić information content (AvgIpc) is 3.26. The van der Waals surface area contributed by atoms with Gasteiger partial charge in [-0.3, -0.25) is 4.79 Å². The van der Waals surface area contributed by atoms with Crippen LogP contribution in [0.2, 0.25) is 0 Å². The number of methoxy groups -OCH3 is 1. The first kappa shape index (κ1) is 31.9. The molecule has 3 fully saturated rings. The minimum absolute atomic E-state index is 0.0150. The van der Waals surface area contributed by atoms with Crippen LogP contribution in [0.25, 0.3) is 0 Å². The number of esters is 1. The second-order valence-corrected chi connectivity index (χ2v) is 14.5. The van der Waals surface area contributed by atoms with Gasteiger partial charge in [-0.05, 0) is 62.2 Å². The van der Waals surface area contributed by atoms with Crippen molar-refractivity contribution in [3.63, 3.8) is 0 Å². The Morgan fingerprint density at radius 2 is 1.63 bits per heavy atom. The van der Waals surface area contributed by atoms with E-state index < -0.39 is 33.0 Å². The van der Waals surface area contributed by atoms with Gasteiger partial charge in [0.05, 0.1) is 18.6 Å². The van der Waals surface area contributed by atoms with E-state index in [1.54, 1.807) is 19.1 Å². The molecule has 6 rings (SSSR count). The third-order valence-corrected chi connectivity index (χ3v) is 11.9. The van der Waals surface area contributed by atoms with E-state index in [1.165, 1.54) is 40.4 Å². The van der Waals surface area contributed by atoms with E-state index >= 15 is 0 Å². The largest absolute Gasteiger partial charge is 0.497 e. The summed E-state index contributed by atoms with van der Waals surface area (Å²) in [5.41, 5.74) is 1.60. The zero-order valence-corrected chi connectivity index (χ0v) is 27.9. The Bertz CT molecular complexity index is 1740. The summed E-state index contributed by atoms with van der Waals surface area (Å²) in [4.78, 5) is 34.9. The molecule has 0 radical (unpaired) electrons. The van der Waals surface area contributed by atoms with Crippen molar-refractivity contribution in [2.45, 2.75) is 44.2 Å². The van der Waals surface area contributed by atoms with Crippen molar-refractivity contribution in [1.29, 1.82) is 0 Å². The summed E-state index contributed by atoms with van der Waals surface area (Å²) in [5, 5.41) is 0. The molecule has 3 saturated heterocycles. The fourth-order valence-corrected chi connectivity index (χ4v) is 9.47. The monoisotopic (exact) mass is 646 g/mol. The molecule has 3 aromatic rings. The molecule has 3 aliphatic rings. The number of para-hydroxylation sites is 1. The van der Waals surface area contributed by atoms with E-state index in [9.17, 15) is 18.0 Å². The molecule has 3 aromatic carbocycles. The van der Waals surface area contributed by atoms with E-state index in [2.05, 4.69) is 36.9 Å². The molecule has 244 valence electrons. The summed E-state index contributed by atoms with van der Waals surface area (Å²) in [6.07, 6.45) is 0. The number of sulfonamides is 1. The highest BCUT2D eigenvalue weighted by Gasteiger charge is 2.79. The maximum Gasteiger partial charge on any atom is 0.330 e. The molecule has 0 N–H and O–H groups in total. The number of hydrogen-bond donors (Lipinski definition) is 0. The zero-order valence-electron chi connectivity index (χ0n) is 27.1. The normalized spacial score (nSPS) is 24.7. The molecule has 3 atom stereocenters. The number of carbonyl (C=O) groups is 2. The van der Waals surface area contributed by atoms with Crippen LogP contribution in [0.4, 0.5) is 11.4 Å². The SMILES string of the molecule is CCOC(=O)C12CN(c3ccccc3)C(C(=O)N3CCN(c4cc(C)ccc4C)CC3)C1(C)CN2S(=O)(=O)c1cccc(OC)c1. The van der Waals surface area contributed by atoms with E-state index in [1.807, 2.05) is 47.1 Å². The van der Waals surface area contributed by atoms with Gasteiger partial charge in [0.2, 0.25) is 15.9 Å². The second-order valence-electron chi connectivity index (χ2n) is 12.7. The number of benzene rings is 3. The number of fused-ring (bicyclic) bond motifs is 1. The maximum absolute atomic E-state index is 14.7. The molecule has 3 aliphatic heterocycles. The summed E-state index contributed by atoms with van der Waals surface area (Å²) in [7, 11) is -2.71. The van der Waals surface area contributed by atoms with Crippen molar-refractivity contribution >= 4 is 33.3 Å². The molecule has 3 unspecified atom stereocenters. The van der Waals surface area contributed by atoms with Crippen molar-refractivity contribution in [3.8, 4) is 5.75 Å². The Kier molecular flexibility index (Phi) is 8.27. The molecule has 0 spiro atoms. The highest BCUT2D eigenvalue weighted by molar-refractivity contribution is 7.89. The predicted octanol–water partition coefficient (Wildman–Crippen LogP) is 3.86. The first-order valence-corrected chi connectivity index (χ1v) is 17.2. The number of amides is 1. The topological polar surface area (TPSA) is 99.7 Å². The number of nitrogens with zero attached hydrogens (tertiary/aromatic N) is 4. The molecule has 0 bridgehead atoms. The van der Waals surface area contributed by atoms with Gasteiger partial charge in [-0.15, -0.1) is 0 Å². The highest BCUT2D eigenvalue weighted by Crippen LogP contribution is 2.60. The Balaban J connectivity index is 1.37. The number of ether oxygens (including phenoxy) is 2. The van der Waals surface area contributed by atoms with E-state index in [0.717, 1.165) is 5.69 Å². The number of hydrogen-bond acceptors (Lipinski definition) is 8. The van der Waals surface area contributed by atoms with Gasteiger partial charge in [0.15, 0.2) is 5.54 Å². The molecule has 11 heteroatoms. The smallest absolute Gasteiger partial charge is 0.330 e. The van der Waals surface area contributed by atoms with Gasteiger partial charge in [0.1, 0.15) is 11.8 Å². The van der Waals surface area contributed by atoms with Gasteiger partial charge in [-0.2, -0.15) is 4.31 Å². The molecule has 3 heterocycles. The van der Waals surface area contributed by atoms with Crippen LogP contribution in [-0.2, 0) is 24.3 Å². The molecule has 0 saturated carbocycles. The lowest BCUT2D eigenvalue weighted by atomic mass is 9.62. The van der Waals surface area contributed by atoms with Crippen molar-refractivity contribution in [3.05, 3.63) is 83.9 Å². The average molecular weight is 647 g/mol. The Labute approximate surface area is 271 Å². The Hall–Kier alpha value is -4.09. The lowest BCUT2D eigenvalue weighted by Crippen LogP contribution is -2.80. The van der Waals surface area contributed by atoms with Crippen LogP contribution in [0.1, 0.15) is 25.0 Å². The van der Waals surface area contributed by atoms with Crippen LogP contribution >= 0.6 is 0 Å². The molecular weight excluding hydrogens is 604 g/mol. The van der Waals surface area contributed by atoms with Crippen molar-refractivity contribution < 1.29 is 27.5 Å².